The predicted octanol–water partition coefficient (Wildman–Crippen LogP) is 5.31. The van der Waals surface area contributed by atoms with E-state index in [-0.39, 0.29) is 0 Å². The largest absolute Gasteiger partial charge is 0.496 e. The van der Waals surface area contributed by atoms with Gasteiger partial charge in [0.15, 0.2) is 6.61 Å². The lowest BCUT2D eigenvalue weighted by Crippen LogP contribution is -2.43. The molecule has 1 atom stereocenters. The van der Waals surface area contributed by atoms with Crippen LogP contribution in [0.15, 0.2) is 66.7 Å². The second-order valence-corrected chi connectivity index (χ2v) is 10.7. The number of anilines is 1. The Balaban J connectivity index is 1.33. The molecule has 1 aromatic heterocycles. The van der Waals surface area contributed by atoms with Crippen molar-refractivity contribution < 1.29 is 23.9 Å². The Kier molecular flexibility index (Phi) is 9.56. The van der Waals surface area contributed by atoms with Crippen LogP contribution in [0.25, 0.3) is 20.8 Å². The Morgan fingerprint density at radius 3 is 2.56 bits per heavy atom. The van der Waals surface area contributed by atoms with Gasteiger partial charge in [-0.25, -0.2) is 9.78 Å². The number of rotatable bonds is 11. The second-order valence-electron chi connectivity index (χ2n) is 8.73. The van der Waals surface area contributed by atoms with Gasteiger partial charge in [0.1, 0.15) is 16.8 Å². The fraction of sp³-hybridized carbons (Fsp3) is 0.241. The molecule has 39 heavy (non-hydrogen) atoms. The molecule has 8 nitrogen and oxygen atoms in total. The lowest BCUT2D eigenvalue weighted by atomic mass is 10.1. The van der Waals surface area contributed by atoms with E-state index in [1.165, 1.54) is 24.4 Å². The minimum absolute atomic E-state index is 0.309. The highest BCUT2D eigenvalue weighted by molar-refractivity contribution is 7.98. The van der Waals surface area contributed by atoms with Crippen LogP contribution in [0.4, 0.5) is 5.69 Å². The molecule has 202 valence electrons. The summed E-state index contributed by atoms with van der Waals surface area (Å²) in [5.74, 6) is -0.590. The Morgan fingerprint density at radius 2 is 1.82 bits per heavy atom. The van der Waals surface area contributed by atoms with E-state index < -0.39 is 30.4 Å². The fourth-order valence-electron chi connectivity index (χ4n) is 3.84. The Labute approximate surface area is 235 Å². The van der Waals surface area contributed by atoms with Crippen molar-refractivity contribution in [2.75, 3.05) is 31.0 Å². The van der Waals surface area contributed by atoms with E-state index in [0.717, 1.165) is 20.8 Å². The van der Waals surface area contributed by atoms with Gasteiger partial charge in [-0.15, -0.1) is 11.3 Å². The summed E-state index contributed by atoms with van der Waals surface area (Å²) in [6.07, 6.45) is 2.26. The van der Waals surface area contributed by atoms with Crippen LogP contribution in [0.2, 0.25) is 0 Å². The molecular weight excluding hydrogens is 534 g/mol. The highest BCUT2D eigenvalue weighted by atomic mass is 32.2. The van der Waals surface area contributed by atoms with Crippen LogP contribution in [0.3, 0.4) is 0 Å². The summed E-state index contributed by atoms with van der Waals surface area (Å²) in [7, 11) is 1.47. The quantitative estimate of drug-likeness (QED) is 0.238. The third kappa shape index (κ3) is 7.36. The first-order chi connectivity index (χ1) is 18.9. The number of esters is 1. The van der Waals surface area contributed by atoms with E-state index in [1.807, 2.05) is 30.5 Å². The summed E-state index contributed by atoms with van der Waals surface area (Å²) >= 11 is 3.15. The zero-order valence-corrected chi connectivity index (χ0v) is 23.5. The predicted molar refractivity (Wildman–Crippen MR) is 157 cm³/mol. The number of hydrogen-bond acceptors (Lipinski definition) is 8. The third-order valence-electron chi connectivity index (χ3n) is 5.86. The molecule has 10 heteroatoms. The van der Waals surface area contributed by atoms with Gasteiger partial charge in [-0.3, -0.25) is 9.59 Å². The smallest absolute Gasteiger partial charge is 0.329 e. The van der Waals surface area contributed by atoms with Crippen LogP contribution in [0, 0.1) is 6.92 Å². The first-order valence-corrected chi connectivity index (χ1v) is 14.5. The summed E-state index contributed by atoms with van der Waals surface area (Å²) < 4.78 is 11.6. The van der Waals surface area contributed by atoms with Crippen molar-refractivity contribution in [1.29, 1.82) is 0 Å². The summed E-state index contributed by atoms with van der Waals surface area (Å²) in [4.78, 5) is 42.7. The molecule has 4 rings (SSSR count). The minimum atomic E-state index is -0.903. The number of aromatic nitrogens is 1. The van der Waals surface area contributed by atoms with Crippen LogP contribution in [-0.2, 0) is 14.3 Å². The number of carbonyl (C=O) groups excluding carboxylic acids is 3. The second kappa shape index (κ2) is 13.3. The summed E-state index contributed by atoms with van der Waals surface area (Å²) in [6.45, 7) is 1.58. The first-order valence-electron chi connectivity index (χ1n) is 12.2. The van der Waals surface area contributed by atoms with Crippen LogP contribution in [-0.4, -0.2) is 54.5 Å². The van der Waals surface area contributed by atoms with Crippen molar-refractivity contribution in [3.63, 3.8) is 0 Å². The molecule has 0 spiro atoms. The number of benzene rings is 3. The molecule has 0 radical (unpaired) electrons. The molecule has 0 saturated carbocycles. The van der Waals surface area contributed by atoms with Gasteiger partial charge in [0.2, 0.25) is 0 Å². The van der Waals surface area contributed by atoms with Crippen LogP contribution >= 0.6 is 23.1 Å². The molecule has 0 unspecified atom stereocenters. The van der Waals surface area contributed by atoms with Gasteiger partial charge < -0.3 is 20.1 Å². The van der Waals surface area contributed by atoms with Crippen molar-refractivity contribution in [2.45, 2.75) is 19.4 Å². The van der Waals surface area contributed by atoms with Gasteiger partial charge in [0.25, 0.3) is 11.8 Å². The zero-order chi connectivity index (χ0) is 27.8. The number of amides is 2. The number of fused-ring (bicyclic) bond motifs is 1. The van der Waals surface area contributed by atoms with E-state index in [2.05, 4.69) is 28.6 Å². The molecule has 0 saturated heterocycles. The molecule has 0 aliphatic rings. The van der Waals surface area contributed by atoms with E-state index in [1.54, 1.807) is 47.7 Å². The maximum absolute atomic E-state index is 12.8. The van der Waals surface area contributed by atoms with Gasteiger partial charge in [-0.1, -0.05) is 18.2 Å². The van der Waals surface area contributed by atoms with Gasteiger partial charge in [0.05, 0.1) is 22.9 Å². The van der Waals surface area contributed by atoms with Crippen LogP contribution < -0.4 is 15.4 Å². The fourth-order valence-corrected chi connectivity index (χ4v) is 5.38. The molecule has 0 aliphatic heterocycles. The first kappa shape index (κ1) is 28.1. The molecule has 2 N–H and O–H groups in total. The number of thioether (sulfide) groups is 1. The van der Waals surface area contributed by atoms with Crippen molar-refractivity contribution in [3.8, 4) is 16.3 Å². The minimum Gasteiger partial charge on any atom is -0.496 e. The summed E-state index contributed by atoms with van der Waals surface area (Å²) in [6, 6.07) is 19.3. The summed E-state index contributed by atoms with van der Waals surface area (Å²) in [5.41, 5.74) is 3.96. The van der Waals surface area contributed by atoms with Crippen molar-refractivity contribution in [2.24, 2.45) is 0 Å². The molecule has 2 amide bonds. The van der Waals surface area contributed by atoms with E-state index in [9.17, 15) is 14.4 Å². The number of thiazole rings is 1. The van der Waals surface area contributed by atoms with Crippen molar-refractivity contribution in [3.05, 3.63) is 77.9 Å². The molecular formula is C29H29N3O5S2. The number of hydrogen-bond donors (Lipinski definition) is 2. The molecule has 4 aromatic rings. The van der Waals surface area contributed by atoms with Crippen molar-refractivity contribution >= 4 is 56.8 Å². The SMILES string of the molecule is COc1ccccc1C(=O)N[C@@H](CCSC)C(=O)OCC(=O)Nc1ccc(-c2nc3ccc(C)cc3s2)cc1. The van der Waals surface area contributed by atoms with Gasteiger partial charge in [-0.05, 0) is 79.4 Å². The monoisotopic (exact) mass is 563 g/mol. The lowest BCUT2D eigenvalue weighted by molar-refractivity contribution is -0.149. The van der Waals surface area contributed by atoms with E-state index in [4.69, 9.17) is 9.47 Å². The Bertz CT molecular complexity index is 1470. The molecule has 3 aromatic carbocycles. The number of carbonyl (C=O) groups is 3. The molecule has 0 bridgehead atoms. The van der Waals surface area contributed by atoms with Gasteiger partial charge in [-0.2, -0.15) is 11.8 Å². The van der Waals surface area contributed by atoms with Gasteiger partial charge in [0, 0.05) is 11.3 Å². The van der Waals surface area contributed by atoms with Gasteiger partial charge >= 0.3 is 5.97 Å². The number of methoxy groups -OCH3 is 1. The summed E-state index contributed by atoms with van der Waals surface area (Å²) in [5, 5.41) is 6.34. The van der Waals surface area contributed by atoms with E-state index in [0.29, 0.717) is 29.2 Å². The zero-order valence-electron chi connectivity index (χ0n) is 21.9. The molecule has 1 heterocycles. The Morgan fingerprint density at radius 1 is 1.05 bits per heavy atom. The topological polar surface area (TPSA) is 107 Å². The highest BCUT2D eigenvalue weighted by Crippen LogP contribution is 2.31. The maximum atomic E-state index is 12.8. The maximum Gasteiger partial charge on any atom is 0.329 e. The third-order valence-corrected chi connectivity index (χ3v) is 7.57. The van der Waals surface area contributed by atoms with Crippen molar-refractivity contribution in [1.82, 2.24) is 10.3 Å². The standard InChI is InChI=1S/C29H29N3O5S2/c1-18-8-13-22-25(16-18)39-28(32-22)19-9-11-20(12-10-19)30-26(33)17-37-29(35)23(14-15-38-3)31-27(34)21-6-4-5-7-24(21)36-2/h4-13,16,23H,14-15,17H2,1-3H3,(H,30,33)(H,31,34)/t23-/m0/s1. The number of nitrogens with zero attached hydrogens (tertiary/aromatic N) is 1. The van der Waals surface area contributed by atoms with Crippen LogP contribution in [0.1, 0.15) is 22.3 Å². The number of ether oxygens (including phenoxy) is 2. The van der Waals surface area contributed by atoms with E-state index >= 15 is 0 Å². The normalized spacial score (nSPS) is 11.6. The molecule has 0 aliphatic carbocycles. The highest BCUT2D eigenvalue weighted by Gasteiger charge is 2.24. The lowest BCUT2D eigenvalue weighted by Gasteiger charge is -2.18. The molecule has 0 fully saturated rings. The number of nitrogens with one attached hydrogen (secondary N) is 2. The number of aryl methyl sites for hydroxylation is 1. The average molecular weight is 564 g/mol. The van der Waals surface area contributed by atoms with Crippen LogP contribution in [0.5, 0.6) is 5.75 Å². The number of para-hydroxylation sites is 1. The Hall–Kier alpha value is -3.89. The average Bonchev–Trinajstić information content (AvgIpc) is 3.37.